The molecule has 0 aliphatic carbocycles. The third kappa shape index (κ3) is 4.14. The smallest absolute Gasteiger partial charge is 0.266 e. The topological polar surface area (TPSA) is 41.6 Å². The molecule has 152 valence electrons. The zero-order valence-electron chi connectivity index (χ0n) is 16.4. The third-order valence-corrected chi connectivity index (χ3v) is 7.30. The first-order valence-corrected chi connectivity index (χ1v) is 11.3. The molecule has 1 aliphatic heterocycles. The summed E-state index contributed by atoms with van der Waals surface area (Å²) in [6.07, 6.45) is 0. The highest BCUT2D eigenvalue weighted by Crippen LogP contribution is 2.43. The summed E-state index contributed by atoms with van der Waals surface area (Å²) in [5.41, 5.74) is 2.70. The van der Waals surface area contributed by atoms with Gasteiger partial charge in [0.05, 0.1) is 24.1 Å². The molecule has 1 unspecified atom stereocenters. The quantitative estimate of drug-likeness (QED) is 0.602. The van der Waals surface area contributed by atoms with E-state index >= 15 is 0 Å². The van der Waals surface area contributed by atoms with Crippen molar-refractivity contribution in [1.29, 1.82) is 0 Å². The molecule has 3 heterocycles. The number of nitrogens with zero attached hydrogens (tertiary/aromatic N) is 1. The van der Waals surface area contributed by atoms with E-state index in [0.717, 1.165) is 21.0 Å². The van der Waals surface area contributed by atoms with E-state index in [4.69, 9.17) is 4.74 Å². The van der Waals surface area contributed by atoms with Gasteiger partial charge in [-0.05, 0) is 36.9 Å². The van der Waals surface area contributed by atoms with Crippen LogP contribution in [0.15, 0.2) is 41.8 Å². The molecule has 4 rings (SSSR count). The first kappa shape index (κ1) is 20.2. The first-order chi connectivity index (χ1) is 14.1. The number of ether oxygens (including phenoxy) is 1. The summed E-state index contributed by atoms with van der Waals surface area (Å²) in [7, 11) is 0. The minimum absolute atomic E-state index is 0.128. The van der Waals surface area contributed by atoms with Crippen LogP contribution < -0.4 is 5.32 Å². The second-order valence-corrected chi connectivity index (χ2v) is 9.20. The third-order valence-electron chi connectivity index (χ3n) is 5.29. The normalized spacial score (nSPS) is 16.0. The Bertz CT molecular complexity index is 994. The van der Waals surface area contributed by atoms with Gasteiger partial charge in [0.15, 0.2) is 0 Å². The fraction of sp³-hybridized carbons (Fsp3) is 0.318. The molecule has 29 heavy (non-hydrogen) atoms. The van der Waals surface area contributed by atoms with E-state index in [9.17, 15) is 9.18 Å². The molecule has 0 radical (unpaired) electrons. The molecule has 1 atom stereocenters. The van der Waals surface area contributed by atoms with Gasteiger partial charge in [-0.2, -0.15) is 0 Å². The summed E-state index contributed by atoms with van der Waals surface area (Å²) >= 11 is 2.96. The number of hydrogen-bond acceptors (Lipinski definition) is 5. The van der Waals surface area contributed by atoms with Crippen LogP contribution in [0.3, 0.4) is 0 Å². The Morgan fingerprint density at radius 1 is 1.17 bits per heavy atom. The van der Waals surface area contributed by atoms with Gasteiger partial charge in [-0.25, -0.2) is 4.39 Å². The lowest BCUT2D eigenvalue weighted by atomic mass is 9.94. The highest BCUT2D eigenvalue weighted by molar-refractivity contribution is 7.17. The fourth-order valence-corrected chi connectivity index (χ4v) is 5.41. The van der Waals surface area contributed by atoms with Crippen molar-refractivity contribution < 1.29 is 13.9 Å². The van der Waals surface area contributed by atoms with E-state index in [1.807, 2.05) is 36.6 Å². The van der Waals surface area contributed by atoms with Crippen LogP contribution in [0.5, 0.6) is 0 Å². The van der Waals surface area contributed by atoms with E-state index in [2.05, 4.69) is 17.1 Å². The number of aryl methyl sites for hydroxylation is 1. The highest BCUT2D eigenvalue weighted by Gasteiger charge is 2.32. The van der Waals surface area contributed by atoms with Crippen molar-refractivity contribution >= 4 is 33.6 Å². The van der Waals surface area contributed by atoms with Crippen LogP contribution in [-0.2, 0) is 4.74 Å². The average molecular weight is 431 g/mol. The standard InChI is InChI=1S/C22H23FN2O2S2/c1-14-15(2)29-22(24-21(26)18-8-5-13-28-18)19(14)20(25-9-11-27-12-10-25)16-6-3-4-7-17(16)23/h3-8,13,20H,9-12H2,1-2H3,(H,24,26). The molecule has 1 fully saturated rings. The highest BCUT2D eigenvalue weighted by atomic mass is 32.1. The molecule has 1 aliphatic rings. The molecular formula is C22H23FN2O2S2. The van der Waals surface area contributed by atoms with Crippen LogP contribution in [-0.4, -0.2) is 37.1 Å². The van der Waals surface area contributed by atoms with Crippen molar-refractivity contribution in [2.45, 2.75) is 19.9 Å². The van der Waals surface area contributed by atoms with Crippen LogP contribution in [0.2, 0.25) is 0 Å². The van der Waals surface area contributed by atoms with Gasteiger partial charge in [0, 0.05) is 29.1 Å². The number of benzene rings is 1. The van der Waals surface area contributed by atoms with Gasteiger partial charge in [0.1, 0.15) is 10.8 Å². The number of morpholine rings is 1. The largest absolute Gasteiger partial charge is 0.379 e. The van der Waals surface area contributed by atoms with Crippen molar-refractivity contribution in [2.24, 2.45) is 0 Å². The zero-order valence-corrected chi connectivity index (χ0v) is 18.0. The van der Waals surface area contributed by atoms with Gasteiger partial charge in [-0.15, -0.1) is 22.7 Å². The van der Waals surface area contributed by atoms with Crippen molar-refractivity contribution in [3.8, 4) is 0 Å². The molecule has 1 N–H and O–H groups in total. The second kappa shape index (κ2) is 8.75. The van der Waals surface area contributed by atoms with E-state index in [0.29, 0.717) is 36.7 Å². The first-order valence-electron chi connectivity index (χ1n) is 9.57. The molecule has 1 aromatic carbocycles. The predicted molar refractivity (Wildman–Crippen MR) is 117 cm³/mol. The second-order valence-electron chi connectivity index (χ2n) is 7.03. The Morgan fingerprint density at radius 2 is 1.93 bits per heavy atom. The molecule has 0 saturated carbocycles. The molecule has 7 heteroatoms. The molecule has 1 amide bonds. The molecule has 2 aromatic heterocycles. The Morgan fingerprint density at radius 3 is 2.62 bits per heavy atom. The van der Waals surface area contributed by atoms with E-state index in [1.54, 1.807) is 17.4 Å². The number of hydrogen-bond donors (Lipinski definition) is 1. The van der Waals surface area contributed by atoms with Crippen LogP contribution in [0, 0.1) is 19.7 Å². The minimum atomic E-state index is -0.274. The van der Waals surface area contributed by atoms with Crippen molar-refractivity contribution in [1.82, 2.24) is 4.90 Å². The van der Waals surface area contributed by atoms with Crippen molar-refractivity contribution in [2.75, 3.05) is 31.6 Å². The van der Waals surface area contributed by atoms with Gasteiger partial charge < -0.3 is 10.1 Å². The Kier molecular flexibility index (Phi) is 6.10. The van der Waals surface area contributed by atoms with Gasteiger partial charge >= 0.3 is 0 Å². The number of rotatable bonds is 5. The van der Waals surface area contributed by atoms with E-state index in [1.165, 1.54) is 17.4 Å². The van der Waals surface area contributed by atoms with Gasteiger partial charge in [-0.3, -0.25) is 9.69 Å². The van der Waals surface area contributed by atoms with Crippen molar-refractivity contribution in [3.05, 3.63) is 74.0 Å². The number of halogens is 1. The molecular weight excluding hydrogens is 407 g/mol. The lowest BCUT2D eigenvalue weighted by Gasteiger charge is -2.35. The fourth-order valence-electron chi connectivity index (χ4n) is 3.71. The van der Waals surface area contributed by atoms with E-state index in [-0.39, 0.29) is 17.8 Å². The molecule has 4 nitrogen and oxygen atoms in total. The summed E-state index contributed by atoms with van der Waals surface area (Å²) in [4.78, 5) is 16.8. The lowest BCUT2D eigenvalue weighted by Crippen LogP contribution is -2.40. The number of anilines is 1. The molecule has 0 spiro atoms. The number of amides is 1. The average Bonchev–Trinajstić information content (AvgIpc) is 3.35. The number of carbonyl (C=O) groups excluding carboxylic acids is 1. The van der Waals surface area contributed by atoms with E-state index < -0.39 is 0 Å². The monoisotopic (exact) mass is 430 g/mol. The molecule has 3 aromatic rings. The minimum Gasteiger partial charge on any atom is -0.379 e. The maximum atomic E-state index is 14.9. The lowest BCUT2D eigenvalue weighted by molar-refractivity contribution is 0.0234. The number of carbonyl (C=O) groups is 1. The summed E-state index contributed by atoms with van der Waals surface area (Å²) in [6, 6.07) is 10.3. The summed E-state index contributed by atoms with van der Waals surface area (Å²) in [6.45, 7) is 6.75. The van der Waals surface area contributed by atoms with Crippen molar-refractivity contribution in [3.63, 3.8) is 0 Å². The molecule has 1 saturated heterocycles. The van der Waals surface area contributed by atoms with Gasteiger partial charge in [0.25, 0.3) is 5.91 Å². The van der Waals surface area contributed by atoms with Gasteiger partial charge in [0.2, 0.25) is 0 Å². The maximum Gasteiger partial charge on any atom is 0.266 e. The number of thiophene rings is 2. The van der Waals surface area contributed by atoms with Crippen LogP contribution in [0.25, 0.3) is 0 Å². The van der Waals surface area contributed by atoms with Gasteiger partial charge in [-0.1, -0.05) is 24.3 Å². The Hall–Kier alpha value is -2.06. The van der Waals surface area contributed by atoms with Crippen LogP contribution in [0.1, 0.15) is 37.3 Å². The Balaban J connectivity index is 1.79. The number of nitrogens with one attached hydrogen (secondary N) is 1. The summed E-state index contributed by atoms with van der Waals surface area (Å²) in [5.74, 6) is -0.362. The SMILES string of the molecule is Cc1sc(NC(=O)c2cccs2)c(C(c2ccccc2F)N2CCOCC2)c1C. The Labute approximate surface area is 177 Å². The maximum absolute atomic E-state index is 14.9. The predicted octanol–water partition coefficient (Wildman–Crippen LogP) is 5.24. The molecule has 0 bridgehead atoms. The van der Waals surface area contributed by atoms with Crippen LogP contribution in [0.4, 0.5) is 9.39 Å². The zero-order chi connectivity index (χ0) is 20.4. The summed E-state index contributed by atoms with van der Waals surface area (Å²) in [5, 5.41) is 5.77. The summed E-state index contributed by atoms with van der Waals surface area (Å²) < 4.78 is 20.4. The van der Waals surface area contributed by atoms with Crippen LogP contribution >= 0.6 is 22.7 Å².